The van der Waals surface area contributed by atoms with E-state index in [1.54, 1.807) is 32.9 Å². The Morgan fingerprint density at radius 2 is 1.79 bits per heavy atom. The summed E-state index contributed by atoms with van der Waals surface area (Å²) in [5.41, 5.74) is 11.9. The molecule has 0 aliphatic carbocycles. The van der Waals surface area contributed by atoms with Gasteiger partial charge in [0.25, 0.3) is 5.91 Å². The monoisotopic (exact) mass is 457 g/mol. The number of fused-ring (bicyclic) bond motifs is 1. The van der Waals surface area contributed by atoms with Gasteiger partial charge in [-0.05, 0) is 39.0 Å². The molecule has 8 nitrogen and oxygen atoms in total. The topological polar surface area (TPSA) is 119 Å². The molecule has 0 saturated heterocycles. The van der Waals surface area contributed by atoms with Crippen LogP contribution >= 0.6 is 15.9 Å². The van der Waals surface area contributed by atoms with E-state index in [2.05, 4.69) is 36.7 Å². The number of amides is 2. The summed E-state index contributed by atoms with van der Waals surface area (Å²) in [6, 6.07) is 10.7. The van der Waals surface area contributed by atoms with Crippen molar-refractivity contribution in [2.24, 2.45) is 0 Å². The average molecular weight is 458 g/mol. The Balaban J connectivity index is 1.96. The van der Waals surface area contributed by atoms with Crippen molar-refractivity contribution >= 4 is 44.7 Å². The minimum Gasteiger partial charge on any atom is -0.443 e. The normalized spacial score (nSPS) is 11.2. The van der Waals surface area contributed by atoms with Crippen LogP contribution in [0.2, 0.25) is 0 Å². The van der Waals surface area contributed by atoms with Crippen LogP contribution in [0.1, 0.15) is 31.1 Å². The lowest BCUT2D eigenvalue weighted by molar-refractivity contribution is 0.0483. The van der Waals surface area contributed by atoms with E-state index < -0.39 is 17.6 Å². The van der Waals surface area contributed by atoms with Gasteiger partial charge in [0.05, 0.1) is 16.8 Å². The Labute approximate surface area is 176 Å². The van der Waals surface area contributed by atoms with E-state index in [-0.39, 0.29) is 11.4 Å². The van der Waals surface area contributed by atoms with Crippen molar-refractivity contribution < 1.29 is 14.3 Å². The van der Waals surface area contributed by atoms with E-state index in [0.717, 1.165) is 10.0 Å². The Kier molecular flexibility index (Phi) is 5.69. The van der Waals surface area contributed by atoms with E-state index in [9.17, 15) is 9.59 Å². The number of anilines is 1. The summed E-state index contributed by atoms with van der Waals surface area (Å²) in [7, 11) is 0. The Morgan fingerprint density at radius 1 is 1.10 bits per heavy atom. The van der Waals surface area contributed by atoms with Crippen molar-refractivity contribution in [1.29, 1.82) is 0 Å². The Morgan fingerprint density at radius 3 is 2.45 bits per heavy atom. The first-order valence-corrected chi connectivity index (χ1v) is 9.53. The van der Waals surface area contributed by atoms with E-state index in [1.807, 2.05) is 24.3 Å². The van der Waals surface area contributed by atoms with Crippen molar-refractivity contribution in [2.75, 3.05) is 5.73 Å². The number of carbonyl (C=O) groups is 2. The van der Waals surface area contributed by atoms with Gasteiger partial charge in [0.1, 0.15) is 11.4 Å². The quantitative estimate of drug-likeness (QED) is 0.503. The van der Waals surface area contributed by atoms with E-state index >= 15 is 0 Å². The first-order valence-electron chi connectivity index (χ1n) is 8.74. The van der Waals surface area contributed by atoms with Gasteiger partial charge in [0.15, 0.2) is 0 Å². The van der Waals surface area contributed by atoms with Crippen LogP contribution in [0.25, 0.3) is 22.2 Å². The number of carbonyl (C=O) groups excluding carboxylic acids is 2. The fourth-order valence-corrected chi connectivity index (χ4v) is 2.84. The molecular formula is C20H20BrN5O3. The molecule has 29 heavy (non-hydrogen) atoms. The number of ether oxygens (including phenoxy) is 1. The standard InChI is InChI=1S/C20H20BrN5O3/c1-20(2,3)29-19(28)26-25-18(27)13-8-15(11-4-6-12(21)7-5-11)24-16-9-17(22)23-10-14(13)16/h4-10H,1-3H3,(H2,22,23)(H,25,27)(H,26,28). The fourth-order valence-electron chi connectivity index (χ4n) is 2.57. The SMILES string of the molecule is CC(C)(C)OC(=O)NNC(=O)c1cc(-c2ccc(Br)cc2)nc2cc(N)ncc12. The lowest BCUT2D eigenvalue weighted by atomic mass is 10.0. The smallest absolute Gasteiger partial charge is 0.426 e. The van der Waals surface area contributed by atoms with Crippen LogP contribution in [0.15, 0.2) is 47.1 Å². The molecule has 0 bridgehead atoms. The van der Waals surface area contributed by atoms with Crippen LogP contribution < -0.4 is 16.6 Å². The van der Waals surface area contributed by atoms with Crippen LogP contribution in [-0.2, 0) is 4.74 Å². The number of pyridine rings is 2. The zero-order valence-electron chi connectivity index (χ0n) is 16.1. The van der Waals surface area contributed by atoms with Gasteiger partial charge in [-0.3, -0.25) is 10.2 Å². The third-order valence-corrected chi connectivity index (χ3v) is 4.31. The molecule has 9 heteroatoms. The fraction of sp³-hybridized carbons (Fsp3) is 0.200. The second kappa shape index (κ2) is 8.04. The molecule has 0 saturated carbocycles. The highest BCUT2D eigenvalue weighted by Crippen LogP contribution is 2.26. The molecular weight excluding hydrogens is 438 g/mol. The largest absolute Gasteiger partial charge is 0.443 e. The summed E-state index contributed by atoms with van der Waals surface area (Å²) in [5.74, 6) is -0.246. The Hall–Kier alpha value is -3.20. The lowest BCUT2D eigenvalue weighted by Gasteiger charge is -2.20. The number of benzene rings is 1. The number of hydrogen-bond donors (Lipinski definition) is 3. The molecule has 0 spiro atoms. The second-order valence-electron chi connectivity index (χ2n) is 7.27. The van der Waals surface area contributed by atoms with Gasteiger partial charge in [-0.15, -0.1) is 0 Å². The number of nitrogens with one attached hydrogen (secondary N) is 2. The Bertz CT molecular complexity index is 1080. The number of rotatable bonds is 2. The summed E-state index contributed by atoms with van der Waals surface area (Å²) >= 11 is 3.40. The molecule has 1 aromatic carbocycles. The molecule has 3 rings (SSSR count). The van der Waals surface area contributed by atoms with Gasteiger partial charge in [0, 0.05) is 27.7 Å². The predicted octanol–water partition coefficient (Wildman–Crippen LogP) is 3.81. The number of nitrogens with zero attached hydrogens (tertiary/aromatic N) is 2. The second-order valence-corrected chi connectivity index (χ2v) is 8.18. The van der Waals surface area contributed by atoms with Gasteiger partial charge in [0.2, 0.25) is 0 Å². The summed E-state index contributed by atoms with van der Waals surface area (Å²) < 4.78 is 6.05. The number of aromatic nitrogens is 2. The van der Waals surface area contributed by atoms with Crippen molar-refractivity contribution in [2.45, 2.75) is 26.4 Å². The van der Waals surface area contributed by atoms with Gasteiger partial charge in [-0.2, -0.15) is 0 Å². The van der Waals surface area contributed by atoms with Crippen LogP contribution in [-0.4, -0.2) is 27.6 Å². The molecule has 4 N–H and O–H groups in total. The van der Waals surface area contributed by atoms with E-state index in [0.29, 0.717) is 16.6 Å². The maximum absolute atomic E-state index is 12.8. The van der Waals surface area contributed by atoms with Crippen molar-refractivity contribution in [3.63, 3.8) is 0 Å². The molecule has 0 atom stereocenters. The zero-order chi connectivity index (χ0) is 21.2. The maximum Gasteiger partial charge on any atom is 0.426 e. The molecule has 0 unspecified atom stereocenters. The van der Waals surface area contributed by atoms with E-state index in [4.69, 9.17) is 10.5 Å². The highest BCUT2D eigenvalue weighted by atomic mass is 79.9. The van der Waals surface area contributed by atoms with Crippen LogP contribution in [0.4, 0.5) is 10.6 Å². The van der Waals surface area contributed by atoms with Crippen molar-refractivity contribution in [1.82, 2.24) is 20.8 Å². The molecule has 0 aliphatic heterocycles. The first-order chi connectivity index (χ1) is 13.6. The van der Waals surface area contributed by atoms with Gasteiger partial charge in [-0.25, -0.2) is 20.2 Å². The molecule has 0 aliphatic rings. The zero-order valence-corrected chi connectivity index (χ0v) is 17.7. The minimum atomic E-state index is -0.764. The van der Waals surface area contributed by atoms with Crippen molar-refractivity contribution in [3.8, 4) is 11.3 Å². The summed E-state index contributed by atoms with van der Waals surface area (Å²) in [4.78, 5) is 33.2. The highest BCUT2D eigenvalue weighted by molar-refractivity contribution is 9.10. The number of nitrogen functional groups attached to an aromatic ring is 1. The maximum atomic E-state index is 12.8. The number of hydrogen-bond acceptors (Lipinski definition) is 6. The average Bonchev–Trinajstić information content (AvgIpc) is 2.64. The number of nitrogens with two attached hydrogens (primary N) is 1. The van der Waals surface area contributed by atoms with Crippen LogP contribution in [0.3, 0.4) is 0 Å². The summed E-state index contributed by atoms with van der Waals surface area (Å²) in [6.07, 6.45) is 0.713. The predicted molar refractivity (Wildman–Crippen MR) is 114 cm³/mol. The summed E-state index contributed by atoms with van der Waals surface area (Å²) in [5, 5.41) is 0.503. The van der Waals surface area contributed by atoms with E-state index in [1.165, 1.54) is 6.20 Å². The first kappa shape index (κ1) is 20.5. The molecule has 0 radical (unpaired) electrons. The van der Waals surface area contributed by atoms with Gasteiger partial charge in [-0.1, -0.05) is 28.1 Å². The highest BCUT2D eigenvalue weighted by Gasteiger charge is 2.19. The summed E-state index contributed by atoms with van der Waals surface area (Å²) in [6.45, 7) is 5.18. The van der Waals surface area contributed by atoms with Crippen LogP contribution in [0.5, 0.6) is 0 Å². The molecule has 3 aromatic rings. The lowest BCUT2D eigenvalue weighted by Crippen LogP contribution is -2.44. The number of hydrazine groups is 1. The third-order valence-electron chi connectivity index (χ3n) is 3.78. The van der Waals surface area contributed by atoms with Gasteiger partial charge < -0.3 is 10.5 Å². The molecule has 0 fully saturated rings. The molecule has 2 heterocycles. The third kappa shape index (κ3) is 5.20. The van der Waals surface area contributed by atoms with Gasteiger partial charge >= 0.3 is 6.09 Å². The number of halogens is 1. The molecule has 2 aromatic heterocycles. The molecule has 150 valence electrons. The minimum absolute atomic E-state index is 0.288. The molecule has 2 amide bonds. The van der Waals surface area contributed by atoms with Crippen molar-refractivity contribution in [3.05, 3.63) is 52.6 Å². The van der Waals surface area contributed by atoms with Crippen LogP contribution in [0, 0.1) is 0 Å².